The second-order valence-electron chi connectivity index (χ2n) is 6.05. The third-order valence-corrected chi connectivity index (χ3v) is 5.50. The zero-order chi connectivity index (χ0) is 15.2. The molecule has 1 fully saturated rings. The van der Waals surface area contributed by atoms with E-state index in [4.69, 9.17) is 4.74 Å². The number of rotatable bonds is 6. The molecule has 3 unspecified atom stereocenters. The van der Waals surface area contributed by atoms with Crippen LogP contribution in [0.1, 0.15) is 57.6 Å². The van der Waals surface area contributed by atoms with Gasteiger partial charge in [-0.15, -0.1) is 0 Å². The number of nitrogens with one attached hydrogen (secondary N) is 1. The summed E-state index contributed by atoms with van der Waals surface area (Å²) in [6, 6.07) is 6.99. The Balaban J connectivity index is 2.26. The molecule has 3 heteroatoms. The van der Waals surface area contributed by atoms with E-state index in [1.165, 1.54) is 37.7 Å². The minimum atomic E-state index is 0.461. The Morgan fingerprint density at radius 2 is 2.05 bits per heavy atom. The number of benzene rings is 1. The Kier molecular flexibility index (Phi) is 6.56. The van der Waals surface area contributed by atoms with Gasteiger partial charge in [-0.3, -0.25) is 0 Å². The van der Waals surface area contributed by atoms with Crippen LogP contribution >= 0.6 is 15.9 Å². The van der Waals surface area contributed by atoms with Gasteiger partial charge in [0.25, 0.3) is 0 Å². The standard InChI is InChI=1S/C18H28BrNO/c1-4-13-8-6-7-9-15(13)18(20-5-2)14-10-11-17(21-3)16(19)12-14/h10-13,15,18,20H,4-9H2,1-3H3. The number of hydrogen-bond donors (Lipinski definition) is 1. The Morgan fingerprint density at radius 1 is 1.29 bits per heavy atom. The van der Waals surface area contributed by atoms with Gasteiger partial charge in [-0.05, 0) is 58.4 Å². The van der Waals surface area contributed by atoms with Gasteiger partial charge in [-0.1, -0.05) is 45.6 Å². The highest BCUT2D eigenvalue weighted by molar-refractivity contribution is 9.10. The molecule has 2 rings (SSSR count). The fourth-order valence-electron chi connectivity index (χ4n) is 3.79. The molecule has 1 aromatic rings. The first-order chi connectivity index (χ1) is 10.2. The lowest BCUT2D eigenvalue weighted by Crippen LogP contribution is -2.34. The molecule has 2 nitrogen and oxygen atoms in total. The minimum Gasteiger partial charge on any atom is -0.496 e. The summed E-state index contributed by atoms with van der Waals surface area (Å²) in [5, 5.41) is 3.74. The average Bonchev–Trinajstić information content (AvgIpc) is 2.52. The molecule has 1 N–H and O–H groups in total. The van der Waals surface area contributed by atoms with Crippen LogP contribution in [-0.2, 0) is 0 Å². The lowest BCUT2D eigenvalue weighted by molar-refractivity contribution is 0.176. The third kappa shape index (κ3) is 4.01. The molecule has 0 saturated heterocycles. The predicted molar refractivity (Wildman–Crippen MR) is 92.9 cm³/mol. The summed E-state index contributed by atoms with van der Waals surface area (Å²) in [5.41, 5.74) is 1.38. The van der Waals surface area contributed by atoms with Gasteiger partial charge < -0.3 is 10.1 Å². The van der Waals surface area contributed by atoms with Crippen LogP contribution in [0.3, 0.4) is 0 Å². The first-order valence-corrected chi connectivity index (χ1v) is 9.07. The predicted octanol–water partition coefficient (Wildman–Crippen LogP) is 5.32. The van der Waals surface area contributed by atoms with E-state index in [1.807, 2.05) is 0 Å². The van der Waals surface area contributed by atoms with Crippen LogP contribution in [0.4, 0.5) is 0 Å². The van der Waals surface area contributed by atoms with Gasteiger partial charge >= 0.3 is 0 Å². The quantitative estimate of drug-likeness (QED) is 0.746. The maximum absolute atomic E-state index is 5.36. The van der Waals surface area contributed by atoms with Gasteiger partial charge in [0, 0.05) is 6.04 Å². The molecule has 1 aromatic carbocycles. The molecule has 1 saturated carbocycles. The summed E-state index contributed by atoms with van der Waals surface area (Å²) in [6.45, 7) is 5.56. The smallest absolute Gasteiger partial charge is 0.133 e. The van der Waals surface area contributed by atoms with Crippen molar-refractivity contribution in [1.82, 2.24) is 5.32 Å². The van der Waals surface area contributed by atoms with Crippen molar-refractivity contribution in [3.05, 3.63) is 28.2 Å². The van der Waals surface area contributed by atoms with Crippen molar-refractivity contribution in [2.24, 2.45) is 11.8 Å². The van der Waals surface area contributed by atoms with Crippen molar-refractivity contribution in [3.8, 4) is 5.75 Å². The van der Waals surface area contributed by atoms with Crippen molar-refractivity contribution in [2.45, 2.75) is 52.0 Å². The molecule has 0 radical (unpaired) electrons. The molecule has 0 aromatic heterocycles. The number of ether oxygens (including phenoxy) is 1. The Morgan fingerprint density at radius 3 is 2.67 bits per heavy atom. The van der Waals surface area contributed by atoms with Crippen molar-refractivity contribution < 1.29 is 4.74 Å². The molecule has 3 atom stereocenters. The normalized spacial score (nSPS) is 23.8. The first-order valence-electron chi connectivity index (χ1n) is 8.28. The molecule has 21 heavy (non-hydrogen) atoms. The Labute approximate surface area is 137 Å². The topological polar surface area (TPSA) is 21.3 Å². The molecular weight excluding hydrogens is 326 g/mol. The molecule has 0 spiro atoms. The van der Waals surface area contributed by atoms with Crippen LogP contribution in [0.2, 0.25) is 0 Å². The summed E-state index contributed by atoms with van der Waals surface area (Å²) in [4.78, 5) is 0. The Bertz CT molecular complexity index is 449. The number of halogens is 1. The summed E-state index contributed by atoms with van der Waals surface area (Å²) >= 11 is 3.63. The van der Waals surface area contributed by atoms with Gasteiger partial charge in [0.05, 0.1) is 11.6 Å². The zero-order valence-electron chi connectivity index (χ0n) is 13.5. The maximum atomic E-state index is 5.36. The van der Waals surface area contributed by atoms with Crippen LogP contribution in [0.15, 0.2) is 22.7 Å². The molecule has 1 aliphatic rings. The second kappa shape index (κ2) is 8.19. The SMILES string of the molecule is CCNC(c1ccc(OC)c(Br)c1)C1CCCCC1CC. The van der Waals surface area contributed by atoms with Crippen molar-refractivity contribution in [3.63, 3.8) is 0 Å². The maximum Gasteiger partial charge on any atom is 0.133 e. The van der Waals surface area contributed by atoms with Crippen LogP contribution in [0.5, 0.6) is 5.75 Å². The average molecular weight is 354 g/mol. The third-order valence-electron chi connectivity index (χ3n) is 4.88. The summed E-state index contributed by atoms with van der Waals surface area (Å²) in [5.74, 6) is 2.51. The van der Waals surface area contributed by atoms with E-state index in [0.717, 1.165) is 28.6 Å². The van der Waals surface area contributed by atoms with E-state index in [0.29, 0.717) is 6.04 Å². The van der Waals surface area contributed by atoms with Crippen LogP contribution < -0.4 is 10.1 Å². The van der Waals surface area contributed by atoms with Gasteiger partial charge in [-0.2, -0.15) is 0 Å². The molecule has 0 aliphatic heterocycles. The van der Waals surface area contributed by atoms with Gasteiger partial charge in [-0.25, -0.2) is 0 Å². The zero-order valence-corrected chi connectivity index (χ0v) is 15.1. The van der Waals surface area contributed by atoms with Gasteiger partial charge in [0.2, 0.25) is 0 Å². The van der Waals surface area contributed by atoms with Gasteiger partial charge in [0.15, 0.2) is 0 Å². The number of hydrogen-bond acceptors (Lipinski definition) is 2. The molecule has 0 amide bonds. The fraction of sp³-hybridized carbons (Fsp3) is 0.667. The highest BCUT2D eigenvalue weighted by Crippen LogP contribution is 2.41. The van der Waals surface area contributed by atoms with E-state index in [1.54, 1.807) is 7.11 Å². The van der Waals surface area contributed by atoms with E-state index in [9.17, 15) is 0 Å². The van der Waals surface area contributed by atoms with E-state index >= 15 is 0 Å². The van der Waals surface area contributed by atoms with E-state index in [-0.39, 0.29) is 0 Å². The molecular formula is C18H28BrNO. The van der Waals surface area contributed by atoms with Crippen LogP contribution in [0.25, 0.3) is 0 Å². The lowest BCUT2D eigenvalue weighted by atomic mass is 9.72. The monoisotopic (exact) mass is 353 g/mol. The Hall–Kier alpha value is -0.540. The second-order valence-corrected chi connectivity index (χ2v) is 6.90. The molecule has 0 bridgehead atoms. The van der Waals surface area contributed by atoms with E-state index < -0.39 is 0 Å². The number of methoxy groups -OCH3 is 1. The van der Waals surface area contributed by atoms with Crippen LogP contribution in [-0.4, -0.2) is 13.7 Å². The summed E-state index contributed by atoms with van der Waals surface area (Å²) < 4.78 is 6.41. The van der Waals surface area contributed by atoms with Crippen molar-refractivity contribution in [2.75, 3.05) is 13.7 Å². The lowest BCUT2D eigenvalue weighted by Gasteiger charge is -2.37. The molecule has 1 aliphatic carbocycles. The van der Waals surface area contributed by atoms with Crippen molar-refractivity contribution in [1.29, 1.82) is 0 Å². The summed E-state index contributed by atoms with van der Waals surface area (Å²) in [6.07, 6.45) is 6.81. The fourth-order valence-corrected chi connectivity index (χ4v) is 4.35. The molecule has 0 heterocycles. The molecule has 118 valence electrons. The largest absolute Gasteiger partial charge is 0.496 e. The minimum absolute atomic E-state index is 0.461. The highest BCUT2D eigenvalue weighted by Gasteiger charge is 2.31. The summed E-state index contributed by atoms with van der Waals surface area (Å²) in [7, 11) is 1.72. The highest BCUT2D eigenvalue weighted by atomic mass is 79.9. The van der Waals surface area contributed by atoms with Crippen molar-refractivity contribution >= 4 is 15.9 Å². The van der Waals surface area contributed by atoms with Gasteiger partial charge in [0.1, 0.15) is 5.75 Å². The van der Waals surface area contributed by atoms with Crippen LogP contribution in [0, 0.1) is 11.8 Å². The first kappa shape index (κ1) is 16.8. The van der Waals surface area contributed by atoms with E-state index in [2.05, 4.69) is 53.3 Å².